The summed E-state index contributed by atoms with van der Waals surface area (Å²) in [4.78, 5) is 14.2. The van der Waals surface area contributed by atoms with Crippen LogP contribution in [0, 0.1) is 5.82 Å². The van der Waals surface area contributed by atoms with Gasteiger partial charge in [0.1, 0.15) is 5.82 Å². The smallest absolute Gasteiger partial charge is 0.272 e. The van der Waals surface area contributed by atoms with Gasteiger partial charge in [-0.1, -0.05) is 29.8 Å². The van der Waals surface area contributed by atoms with Crippen molar-refractivity contribution in [1.82, 2.24) is 5.43 Å². The molecule has 1 amide bonds. The zero-order valence-corrected chi connectivity index (χ0v) is 16.4. The van der Waals surface area contributed by atoms with E-state index in [4.69, 9.17) is 11.6 Å². The van der Waals surface area contributed by atoms with Gasteiger partial charge in [0.05, 0.1) is 22.3 Å². The van der Waals surface area contributed by atoms with Crippen LogP contribution in [0.15, 0.2) is 47.6 Å². The maximum atomic E-state index is 14.6. The Labute approximate surface area is 163 Å². The summed E-state index contributed by atoms with van der Waals surface area (Å²) in [6.45, 7) is 6.17. The predicted molar refractivity (Wildman–Crippen MR) is 109 cm³/mol. The van der Waals surface area contributed by atoms with Crippen molar-refractivity contribution in [2.75, 3.05) is 11.9 Å². The third kappa shape index (κ3) is 3.74. The Kier molecular flexibility index (Phi) is 5.07. The van der Waals surface area contributed by atoms with Gasteiger partial charge in [-0.15, -0.1) is 0 Å². The summed E-state index contributed by atoms with van der Waals surface area (Å²) in [7, 11) is 1.94. The van der Waals surface area contributed by atoms with E-state index in [1.54, 1.807) is 30.3 Å². The van der Waals surface area contributed by atoms with Crippen molar-refractivity contribution in [2.45, 2.75) is 26.3 Å². The summed E-state index contributed by atoms with van der Waals surface area (Å²) in [6.07, 6.45) is 3.45. The largest absolute Gasteiger partial charge is 0.365 e. The van der Waals surface area contributed by atoms with Gasteiger partial charge in [-0.05, 0) is 50.6 Å². The van der Waals surface area contributed by atoms with Crippen LogP contribution in [0.5, 0.6) is 0 Å². The summed E-state index contributed by atoms with van der Waals surface area (Å²) in [5, 5.41) is 4.22. The van der Waals surface area contributed by atoms with E-state index < -0.39 is 11.7 Å². The van der Waals surface area contributed by atoms with Gasteiger partial charge in [-0.2, -0.15) is 5.10 Å². The second-order valence-electron chi connectivity index (χ2n) is 7.11. The standard InChI is InChI=1S/C21H21ClFN3O/c1-13-11-21(2,3)26(4)19-10-18(23)14(9-16(13)19)12-24-25-20(27)15-7-5-6-8-17(15)22/h5-12H,1-4H3,(H,25,27)/b24-12-. The third-order valence-corrected chi connectivity index (χ3v) is 5.15. The van der Waals surface area contributed by atoms with Crippen molar-refractivity contribution in [2.24, 2.45) is 5.10 Å². The number of carbonyl (C=O) groups is 1. The molecule has 1 N–H and O–H groups in total. The number of rotatable bonds is 3. The zero-order chi connectivity index (χ0) is 19.8. The van der Waals surface area contributed by atoms with Crippen LogP contribution in [0.3, 0.4) is 0 Å². The summed E-state index contributed by atoms with van der Waals surface area (Å²) in [5.41, 5.74) is 5.64. The molecule has 2 aromatic rings. The molecule has 0 unspecified atom stereocenters. The average molecular weight is 386 g/mol. The maximum absolute atomic E-state index is 14.6. The summed E-state index contributed by atoms with van der Waals surface area (Å²) in [5.74, 6) is -0.852. The molecule has 2 aromatic carbocycles. The second-order valence-corrected chi connectivity index (χ2v) is 7.52. The Hall–Kier alpha value is -2.66. The average Bonchev–Trinajstić information content (AvgIpc) is 2.60. The second kappa shape index (κ2) is 7.16. The maximum Gasteiger partial charge on any atom is 0.272 e. The Morgan fingerprint density at radius 2 is 2.00 bits per heavy atom. The van der Waals surface area contributed by atoms with E-state index in [2.05, 4.69) is 30.5 Å². The highest BCUT2D eigenvalue weighted by atomic mass is 35.5. The molecule has 1 aliphatic heterocycles. The van der Waals surface area contributed by atoms with Crippen LogP contribution < -0.4 is 10.3 Å². The summed E-state index contributed by atoms with van der Waals surface area (Å²) in [6, 6.07) is 9.91. The number of nitrogens with zero attached hydrogens (tertiary/aromatic N) is 2. The van der Waals surface area contributed by atoms with Gasteiger partial charge in [-0.25, -0.2) is 9.82 Å². The van der Waals surface area contributed by atoms with Crippen molar-refractivity contribution in [3.8, 4) is 0 Å². The number of hydrogen-bond acceptors (Lipinski definition) is 3. The Morgan fingerprint density at radius 1 is 1.30 bits per heavy atom. The van der Waals surface area contributed by atoms with E-state index in [1.165, 1.54) is 12.3 Å². The fraction of sp³-hybridized carbons (Fsp3) is 0.238. The number of amides is 1. The van der Waals surface area contributed by atoms with Gasteiger partial charge in [-0.3, -0.25) is 4.79 Å². The lowest BCUT2D eigenvalue weighted by Crippen LogP contribution is -2.42. The SMILES string of the molecule is CC1=CC(C)(C)N(C)c2cc(F)c(/C=N\NC(=O)c3ccccc3Cl)cc21. The minimum absolute atomic E-state index is 0.192. The van der Waals surface area contributed by atoms with Gasteiger partial charge in [0.25, 0.3) is 5.91 Å². The van der Waals surface area contributed by atoms with E-state index in [1.807, 2.05) is 18.9 Å². The number of likely N-dealkylation sites (N-methyl/N-ethyl adjacent to an activating group) is 1. The third-order valence-electron chi connectivity index (χ3n) is 4.82. The highest BCUT2D eigenvalue weighted by molar-refractivity contribution is 6.33. The quantitative estimate of drug-likeness (QED) is 0.604. The van der Waals surface area contributed by atoms with E-state index >= 15 is 0 Å². The normalized spacial score (nSPS) is 15.5. The van der Waals surface area contributed by atoms with E-state index in [-0.39, 0.29) is 5.54 Å². The first kappa shape index (κ1) is 19.1. The zero-order valence-electron chi connectivity index (χ0n) is 15.7. The molecular weight excluding hydrogens is 365 g/mol. The molecule has 27 heavy (non-hydrogen) atoms. The number of anilines is 1. The molecule has 0 bridgehead atoms. The molecule has 0 aromatic heterocycles. The molecule has 0 atom stereocenters. The van der Waals surface area contributed by atoms with E-state index in [9.17, 15) is 9.18 Å². The number of hydrogen-bond donors (Lipinski definition) is 1. The number of halogens is 2. The van der Waals surface area contributed by atoms with Gasteiger partial charge >= 0.3 is 0 Å². The van der Waals surface area contributed by atoms with Crippen LogP contribution >= 0.6 is 11.6 Å². The van der Waals surface area contributed by atoms with Crippen LogP contribution in [0.2, 0.25) is 5.02 Å². The lowest BCUT2D eigenvalue weighted by atomic mass is 9.88. The van der Waals surface area contributed by atoms with Gasteiger partial charge in [0.2, 0.25) is 0 Å². The molecular formula is C21H21ClFN3O. The molecule has 0 fully saturated rings. The molecule has 0 saturated carbocycles. The molecule has 1 aliphatic rings. The number of nitrogens with one attached hydrogen (secondary N) is 1. The summed E-state index contributed by atoms with van der Waals surface area (Å²) >= 11 is 5.99. The summed E-state index contributed by atoms with van der Waals surface area (Å²) < 4.78 is 14.6. The van der Waals surface area contributed by atoms with E-state index in [0.29, 0.717) is 16.1 Å². The first-order valence-electron chi connectivity index (χ1n) is 8.56. The molecule has 0 aliphatic carbocycles. The highest BCUT2D eigenvalue weighted by Crippen LogP contribution is 2.38. The number of benzene rings is 2. The van der Waals surface area contributed by atoms with Crippen LogP contribution in [0.25, 0.3) is 5.57 Å². The van der Waals surface area contributed by atoms with Gasteiger partial charge < -0.3 is 4.90 Å². The first-order valence-corrected chi connectivity index (χ1v) is 8.93. The van der Waals surface area contributed by atoms with E-state index in [0.717, 1.165) is 16.8 Å². The van der Waals surface area contributed by atoms with Crippen molar-refractivity contribution < 1.29 is 9.18 Å². The number of allylic oxidation sites excluding steroid dienone is 1. The monoisotopic (exact) mass is 385 g/mol. The fourth-order valence-electron chi connectivity index (χ4n) is 3.15. The molecule has 3 rings (SSSR count). The fourth-order valence-corrected chi connectivity index (χ4v) is 3.37. The lowest BCUT2D eigenvalue weighted by molar-refractivity contribution is 0.0955. The van der Waals surface area contributed by atoms with Gasteiger partial charge in [0.15, 0.2) is 0 Å². The van der Waals surface area contributed by atoms with Crippen LogP contribution in [-0.2, 0) is 0 Å². The molecule has 4 nitrogen and oxygen atoms in total. The molecule has 140 valence electrons. The van der Waals surface area contributed by atoms with Crippen molar-refractivity contribution in [3.63, 3.8) is 0 Å². The van der Waals surface area contributed by atoms with Gasteiger partial charge in [0, 0.05) is 23.9 Å². The molecule has 0 spiro atoms. The van der Waals surface area contributed by atoms with Crippen LogP contribution in [-0.4, -0.2) is 24.7 Å². The first-order chi connectivity index (χ1) is 12.7. The van der Waals surface area contributed by atoms with Crippen LogP contribution in [0.4, 0.5) is 10.1 Å². The van der Waals surface area contributed by atoms with Crippen LogP contribution in [0.1, 0.15) is 42.3 Å². The lowest BCUT2D eigenvalue weighted by Gasteiger charge is -2.40. The Balaban J connectivity index is 1.85. The number of fused-ring (bicyclic) bond motifs is 1. The topological polar surface area (TPSA) is 44.7 Å². The minimum atomic E-state index is -0.451. The minimum Gasteiger partial charge on any atom is -0.365 e. The predicted octanol–water partition coefficient (Wildman–Crippen LogP) is 4.87. The Morgan fingerprint density at radius 3 is 2.70 bits per heavy atom. The number of hydrazone groups is 1. The van der Waals surface area contributed by atoms with Crippen molar-refractivity contribution in [3.05, 3.63) is 70.0 Å². The molecule has 0 saturated heterocycles. The van der Waals surface area contributed by atoms with Crippen molar-refractivity contribution in [1.29, 1.82) is 0 Å². The number of carbonyl (C=O) groups excluding carboxylic acids is 1. The Bertz CT molecular complexity index is 966. The molecule has 1 heterocycles. The highest BCUT2D eigenvalue weighted by Gasteiger charge is 2.29. The molecule has 0 radical (unpaired) electrons. The molecule has 6 heteroatoms. The van der Waals surface area contributed by atoms with Crippen molar-refractivity contribution >= 4 is 35.0 Å².